The molecule has 8 nitrogen and oxygen atoms in total. The largest absolute Gasteiger partial charge is 0.308 e. The van der Waals surface area contributed by atoms with Gasteiger partial charge in [-0.2, -0.15) is 5.10 Å². The zero-order chi connectivity index (χ0) is 18.0. The molecule has 3 rings (SSSR count). The summed E-state index contributed by atoms with van der Waals surface area (Å²) in [6.45, 7) is 1.27. The standard InChI is InChI=1S/C17H21N5O3/c1-19(11-13-5-7-14(8-6-13)22(24)25)16-4-3-9-21(17(16)23)15-10-18-20(2)12-15/h5-8,10,12,16H,3-4,9,11H2,1-2H3/t16-/m1/s1. The lowest BCUT2D eigenvalue weighted by atomic mass is 10.0. The molecule has 2 aromatic rings. The van der Waals surface area contributed by atoms with Gasteiger partial charge >= 0.3 is 0 Å². The number of hydrogen-bond acceptors (Lipinski definition) is 5. The molecule has 0 spiro atoms. The smallest absolute Gasteiger partial charge is 0.269 e. The Balaban J connectivity index is 1.69. The molecule has 0 N–H and O–H groups in total. The number of hydrogen-bond donors (Lipinski definition) is 0. The van der Waals surface area contributed by atoms with Gasteiger partial charge in [0, 0.05) is 38.5 Å². The van der Waals surface area contributed by atoms with Crippen molar-refractivity contribution in [2.24, 2.45) is 7.05 Å². The molecule has 0 unspecified atom stereocenters. The second-order valence-electron chi connectivity index (χ2n) is 6.36. The Morgan fingerprint density at radius 2 is 2.08 bits per heavy atom. The molecule has 1 aromatic heterocycles. The van der Waals surface area contributed by atoms with Gasteiger partial charge in [-0.3, -0.25) is 24.5 Å². The van der Waals surface area contributed by atoms with Gasteiger partial charge in [0.15, 0.2) is 0 Å². The van der Waals surface area contributed by atoms with E-state index in [4.69, 9.17) is 0 Å². The molecule has 25 heavy (non-hydrogen) atoms. The number of likely N-dealkylation sites (N-methyl/N-ethyl adjacent to an activating group) is 1. The van der Waals surface area contributed by atoms with Gasteiger partial charge < -0.3 is 4.90 Å². The summed E-state index contributed by atoms with van der Waals surface area (Å²) in [6, 6.07) is 6.26. The van der Waals surface area contributed by atoms with Crippen molar-refractivity contribution >= 4 is 17.3 Å². The summed E-state index contributed by atoms with van der Waals surface area (Å²) in [5.41, 5.74) is 1.84. The number of piperidine rings is 1. The van der Waals surface area contributed by atoms with E-state index in [1.165, 1.54) is 12.1 Å². The summed E-state index contributed by atoms with van der Waals surface area (Å²) in [7, 11) is 3.74. The minimum atomic E-state index is -0.413. The Morgan fingerprint density at radius 3 is 2.68 bits per heavy atom. The first-order valence-electron chi connectivity index (χ1n) is 8.19. The van der Waals surface area contributed by atoms with E-state index in [-0.39, 0.29) is 17.6 Å². The summed E-state index contributed by atoms with van der Waals surface area (Å²) in [5, 5.41) is 14.9. The molecule has 1 amide bonds. The number of carbonyl (C=O) groups is 1. The van der Waals surface area contributed by atoms with Gasteiger partial charge in [0.2, 0.25) is 5.91 Å². The number of non-ortho nitro benzene ring substituents is 1. The van der Waals surface area contributed by atoms with E-state index < -0.39 is 4.92 Å². The van der Waals surface area contributed by atoms with Crippen LogP contribution in [0.15, 0.2) is 36.7 Å². The van der Waals surface area contributed by atoms with Gasteiger partial charge in [-0.05, 0) is 25.5 Å². The third-order valence-corrected chi connectivity index (χ3v) is 4.52. The fraction of sp³-hybridized carbons (Fsp3) is 0.412. The van der Waals surface area contributed by atoms with Crippen LogP contribution in [0.4, 0.5) is 11.4 Å². The highest BCUT2D eigenvalue weighted by molar-refractivity contribution is 5.97. The fourth-order valence-corrected chi connectivity index (χ4v) is 3.19. The van der Waals surface area contributed by atoms with Gasteiger partial charge in [0.25, 0.3) is 5.69 Å². The first kappa shape index (κ1) is 17.1. The van der Waals surface area contributed by atoms with E-state index in [0.717, 1.165) is 24.1 Å². The molecule has 1 aliphatic heterocycles. The monoisotopic (exact) mass is 343 g/mol. The molecule has 132 valence electrons. The van der Waals surface area contributed by atoms with Gasteiger partial charge in [0.05, 0.1) is 22.8 Å². The van der Waals surface area contributed by atoms with E-state index in [9.17, 15) is 14.9 Å². The number of carbonyl (C=O) groups excluding carboxylic acids is 1. The van der Waals surface area contributed by atoms with E-state index in [1.54, 1.807) is 27.9 Å². The van der Waals surface area contributed by atoms with E-state index in [2.05, 4.69) is 5.10 Å². The number of aryl methyl sites for hydroxylation is 1. The normalized spacial score (nSPS) is 18.0. The maximum atomic E-state index is 12.9. The molecule has 0 aliphatic carbocycles. The van der Waals surface area contributed by atoms with Crippen molar-refractivity contribution in [3.8, 4) is 0 Å². The number of nitrogens with zero attached hydrogens (tertiary/aromatic N) is 5. The fourth-order valence-electron chi connectivity index (χ4n) is 3.19. The van der Waals surface area contributed by atoms with Crippen LogP contribution in [0.5, 0.6) is 0 Å². The first-order valence-corrected chi connectivity index (χ1v) is 8.19. The SMILES string of the molecule is CN(Cc1ccc([N+](=O)[O-])cc1)[C@@H]1CCCN(c2cnn(C)c2)C1=O. The third-order valence-electron chi connectivity index (χ3n) is 4.52. The van der Waals surface area contributed by atoms with Crippen molar-refractivity contribution in [1.29, 1.82) is 0 Å². The summed E-state index contributed by atoms with van der Waals surface area (Å²) in [6.07, 6.45) is 5.28. The lowest BCUT2D eigenvalue weighted by Gasteiger charge is -2.36. The lowest BCUT2D eigenvalue weighted by Crippen LogP contribution is -2.51. The van der Waals surface area contributed by atoms with Crippen LogP contribution in [0.1, 0.15) is 18.4 Å². The summed E-state index contributed by atoms with van der Waals surface area (Å²) >= 11 is 0. The van der Waals surface area contributed by atoms with Gasteiger partial charge in [0.1, 0.15) is 0 Å². The minimum absolute atomic E-state index is 0.0721. The molecule has 1 aromatic carbocycles. The van der Waals surface area contributed by atoms with E-state index in [1.807, 2.05) is 25.2 Å². The van der Waals surface area contributed by atoms with Crippen molar-refractivity contribution in [3.05, 3.63) is 52.3 Å². The maximum Gasteiger partial charge on any atom is 0.269 e. The van der Waals surface area contributed by atoms with Crippen molar-refractivity contribution in [1.82, 2.24) is 14.7 Å². The van der Waals surface area contributed by atoms with Crippen LogP contribution in [-0.4, -0.2) is 45.1 Å². The van der Waals surface area contributed by atoms with Crippen LogP contribution < -0.4 is 4.90 Å². The average molecular weight is 343 g/mol. The molecule has 1 saturated heterocycles. The molecule has 1 aliphatic rings. The summed E-state index contributed by atoms with van der Waals surface area (Å²) in [4.78, 5) is 27.0. The Bertz CT molecular complexity index is 771. The van der Waals surface area contributed by atoms with Gasteiger partial charge in [-0.1, -0.05) is 12.1 Å². The van der Waals surface area contributed by atoms with Crippen LogP contribution in [0, 0.1) is 10.1 Å². The number of benzene rings is 1. The third kappa shape index (κ3) is 3.69. The molecule has 8 heteroatoms. The second kappa shape index (κ2) is 7.02. The minimum Gasteiger partial charge on any atom is -0.308 e. The molecular weight excluding hydrogens is 322 g/mol. The quantitative estimate of drug-likeness (QED) is 0.612. The highest BCUT2D eigenvalue weighted by Crippen LogP contribution is 2.24. The number of nitro benzene ring substituents is 1. The molecule has 2 heterocycles. The molecule has 0 radical (unpaired) electrons. The van der Waals surface area contributed by atoms with Crippen LogP contribution in [0.25, 0.3) is 0 Å². The highest BCUT2D eigenvalue weighted by Gasteiger charge is 2.32. The average Bonchev–Trinajstić information content (AvgIpc) is 3.01. The zero-order valence-corrected chi connectivity index (χ0v) is 14.3. The van der Waals surface area contributed by atoms with Crippen molar-refractivity contribution in [3.63, 3.8) is 0 Å². The van der Waals surface area contributed by atoms with Crippen LogP contribution >= 0.6 is 0 Å². The number of aromatic nitrogens is 2. The Morgan fingerprint density at radius 1 is 1.36 bits per heavy atom. The number of anilines is 1. The molecule has 0 saturated carbocycles. The molecule has 0 bridgehead atoms. The van der Waals surface area contributed by atoms with Crippen molar-refractivity contribution in [2.75, 3.05) is 18.5 Å². The predicted molar refractivity (Wildman–Crippen MR) is 93.1 cm³/mol. The Kier molecular flexibility index (Phi) is 4.80. The van der Waals surface area contributed by atoms with Crippen LogP contribution in [0.2, 0.25) is 0 Å². The van der Waals surface area contributed by atoms with Gasteiger partial charge in [-0.15, -0.1) is 0 Å². The molecular formula is C17H21N5O3. The number of amides is 1. The van der Waals surface area contributed by atoms with Crippen molar-refractivity contribution in [2.45, 2.75) is 25.4 Å². The zero-order valence-electron chi connectivity index (χ0n) is 14.3. The highest BCUT2D eigenvalue weighted by atomic mass is 16.6. The van der Waals surface area contributed by atoms with Gasteiger partial charge in [-0.25, -0.2) is 0 Å². The second-order valence-corrected chi connectivity index (χ2v) is 6.36. The van der Waals surface area contributed by atoms with Crippen LogP contribution in [-0.2, 0) is 18.4 Å². The maximum absolute atomic E-state index is 12.9. The topological polar surface area (TPSA) is 84.5 Å². The molecule has 1 fully saturated rings. The first-order chi connectivity index (χ1) is 12.0. The Hall–Kier alpha value is -2.74. The van der Waals surface area contributed by atoms with Crippen LogP contribution in [0.3, 0.4) is 0 Å². The predicted octanol–water partition coefficient (Wildman–Crippen LogP) is 1.96. The number of nitro groups is 1. The van der Waals surface area contributed by atoms with E-state index >= 15 is 0 Å². The summed E-state index contributed by atoms with van der Waals surface area (Å²) in [5.74, 6) is 0.0728. The molecule has 1 atom stereocenters. The van der Waals surface area contributed by atoms with E-state index in [0.29, 0.717) is 13.1 Å². The van der Waals surface area contributed by atoms with Crippen molar-refractivity contribution < 1.29 is 9.72 Å². The Labute approximate surface area is 145 Å². The number of rotatable bonds is 5. The lowest BCUT2D eigenvalue weighted by molar-refractivity contribution is -0.384. The summed E-state index contributed by atoms with van der Waals surface area (Å²) < 4.78 is 1.69.